The van der Waals surface area contributed by atoms with Gasteiger partial charge in [0.1, 0.15) is 6.61 Å². The number of aliphatic hydroxyl groups is 1. The third-order valence-corrected chi connectivity index (χ3v) is 7.90. The number of nitrogens with one attached hydrogen (secondary N) is 1. The van der Waals surface area contributed by atoms with Gasteiger partial charge in [-0.1, -0.05) is 33.8 Å². The molecule has 0 fully saturated rings. The third-order valence-electron chi connectivity index (χ3n) is 7.90. The van der Waals surface area contributed by atoms with Crippen LogP contribution in [0, 0.1) is 33.8 Å². The zero-order valence-corrected chi connectivity index (χ0v) is 28.4. The number of carbonyl (C=O) groups is 2. The van der Waals surface area contributed by atoms with E-state index in [9.17, 15) is 29.9 Å². The summed E-state index contributed by atoms with van der Waals surface area (Å²) in [6.07, 6.45) is -0.643. The molecule has 13 nitrogen and oxygen atoms in total. The first-order valence-corrected chi connectivity index (χ1v) is 15.6. The molecular formula is C32H55N3O10. The fourth-order valence-corrected chi connectivity index (χ4v) is 5.44. The minimum Gasteiger partial charge on any atom is -0.493 e. The maximum atomic E-state index is 13.0. The minimum atomic E-state index is -1.16. The van der Waals surface area contributed by atoms with Crippen LogP contribution in [-0.2, 0) is 20.8 Å². The van der Waals surface area contributed by atoms with Crippen molar-refractivity contribution in [3.63, 3.8) is 0 Å². The summed E-state index contributed by atoms with van der Waals surface area (Å²) in [7, 11) is 3.22. The Morgan fingerprint density at radius 1 is 1.02 bits per heavy atom. The topological polar surface area (TPSA) is 170 Å². The first kappa shape index (κ1) is 39.7. The highest BCUT2D eigenvalue weighted by Gasteiger charge is 2.40. The van der Waals surface area contributed by atoms with Crippen molar-refractivity contribution in [2.24, 2.45) is 23.7 Å². The molecule has 0 aliphatic rings. The van der Waals surface area contributed by atoms with Gasteiger partial charge in [0.2, 0.25) is 5.91 Å². The van der Waals surface area contributed by atoms with Crippen LogP contribution in [0.1, 0.15) is 73.3 Å². The van der Waals surface area contributed by atoms with Crippen molar-refractivity contribution in [2.45, 2.75) is 91.8 Å². The average molecular weight is 642 g/mol. The van der Waals surface area contributed by atoms with E-state index in [1.807, 2.05) is 32.0 Å². The summed E-state index contributed by atoms with van der Waals surface area (Å²) >= 11 is 0. The number of aliphatic hydroxyl groups excluding tert-OH is 1. The Morgan fingerprint density at radius 2 is 1.69 bits per heavy atom. The molecule has 0 aliphatic carbocycles. The lowest BCUT2D eigenvalue weighted by atomic mass is 9.79. The number of ether oxygens (including phenoxy) is 3. The van der Waals surface area contributed by atoms with E-state index >= 15 is 0 Å². The summed E-state index contributed by atoms with van der Waals surface area (Å²) in [5.41, 5.74) is 0.149. The van der Waals surface area contributed by atoms with Crippen molar-refractivity contribution in [1.82, 2.24) is 10.2 Å². The fourth-order valence-electron chi connectivity index (χ4n) is 5.44. The van der Waals surface area contributed by atoms with E-state index in [0.29, 0.717) is 37.6 Å². The van der Waals surface area contributed by atoms with Gasteiger partial charge in [0, 0.05) is 38.1 Å². The van der Waals surface area contributed by atoms with Gasteiger partial charge < -0.3 is 34.6 Å². The zero-order chi connectivity index (χ0) is 34.3. The van der Waals surface area contributed by atoms with E-state index in [2.05, 4.69) is 24.0 Å². The van der Waals surface area contributed by atoms with Gasteiger partial charge in [-0.2, -0.15) is 0 Å². The number of hydrogen-bond acceptors (Lipinski definition) is 9. The van der Waals surface area contributed by atoms with Gasteiger partial charge in [-0.3, -0.25) is 9.69 Å². The van der Waals surface area contributed by atoms with Crippen molar-refractivity contribution < 1.29 is 43.9 Å². The Balaban J connectivity index is 3.33. The predicted molar refractivity (Wildman–Crippen MR) is 170 cm³/mol. The summed E-state index contributed by atoms with van der Waals surface area (Å²) in [5.74, 6) is 0.0880. The van der Waals surface area contributed by atoms with E-state index in [-0.39, 0.29) is 43.2 Å². The standard InChI is InChI=1S/C32H55N3O10/c1-21(2)24(17-23-11-12-28(43-9)29(18-23)44-15-10-14-42-8)19-26(34(31(38)39)32(5,6)7)27(36)20-25(22(3)4)30(37)33-13-16-45-35(40)41/h11-12,18,21-22,24-27,36H,10,13-17,19-20H2,1-9H3,(H,33,37)(H,38,39)/t24-,25+,26+,27-/m1/s1. The van der Waals surface area contributed by atoms with Crippen molar-refractivity contribution in [3.8, 4) is 11.5 Å². The maximum Gasteiger partial charge on any atom is 0.408 e. The predicted octanol–water partition coefficient (Wildman–Crippen LogP) is 4.81. The molecule has 2 amide bonds. The maximum absolute atomic E-state index is 13.0. The molecule has 258 valence electrons. The SMILES string of the molecule is COCCCOc1cc(C[C@H](C[C@@H]([C@H](O)C[C@H](C(=O)NCCO[N+](=O)[O-])C(C)C)N(C(=O)O)C(C)(C)C)C(C)C)ccc1OC. The Hall–Kier alpha value is -3.32. The largest absolute Gasteiger partial charge is 0.493 e. The quantitative estimate of drug-likeness (QED) is 0.0962. The summed E-state index contributed by atoms with van der Waals surface area (Å²) in [6, 6.07) is 4.94. The molecule has 0 spiro atoms. The number of carbonyl (C=O) groups excluding carboxylic acids is 1. The van der Waals surface area contributed by atoms with Gasteiger partial charge in [0.25, 0.3) is 5.09 Å². The molecule has 45 heavy (non-hydrogen) atoms. The molecule has 0 aliphatic heterocycles. The van der Waals surface area contributed by atoms with Crippen LogP contribution in [-0.4, -0.2) is 90.5 Å². The highest BCUT2D eigenvalue weighted by atomic mass is 16.9. The zero-order valence-electron chi connectivity index (χ0n) is 28.4. The normalized spacial score (nSPS) is 14.4. The van der Waals surface area contributed by atoms with E-state index < -0.39 is 34.8 Å². The van der Waals surface area contributed by atoms with Crippen LogP contribution < -0.4 is 14.8 Å². The molecule has 0 saturated carbocycles. The lowest BCUT2D eigenvalue weighted by molar-refractivity contribution is -0.757. The first-order chi connectivity index (χ1) is 21.0. The molecule has 0 bridgehead atoms. The van der Waals surface area contributed by atoms with Gasteiger partial charge in [-0.15, -0.1) is 10.1 Å². The van der Waals surface area contributed by atoms with E-state index in [1.165, 1.54) is 4.90 Å². The molecule has 13 heteroatoms. The minimum absolute atomic E-state index is 0.0108. The second-order valence-corrected chi connectivity index (χ2v) is 13.0. The molecule has 0 aromatic heterocycles. The van der Waals surface area contributed by atoms with Crippen LogP contribution in [0.5, 0.6) is 11.5 Å². The van der Waals surface area contributed by atoms with Crippen molar-refractivity contribution in [3.05, 3.63) is 33.9 Å². The molecule has 0 unspecified atom stereocenters. The van der Waals surface area contributed by atoms with Crippen LogP contribution in [0.4, 0.5) is 4.79 Å². The number of carboxylic acid groups (broad SMARTS) is 1. The Bertz CT molecular complexity index is 1060. The molecule has 4 atom stereocenters. The smallest absolute Gasteiger partial charge is 0.408 e. The number of benzene rings is 1. The summed E-state index contributed by atoms with van der Waals surface area (Å²) in [6.45, 7) is 13.8. The lowest BCUT2D eigenvalue weighted by Crippen LogP contribution is -2.57. The van der Waals surface area contributed by atoms with Gasteiger partial charge in [0.15, 0.2) is 11.5 Å². The fraction of sp³-hybridized carbons (Fsp3) is 0.750. The second-order valence-electron chi connectivity index (χ2n) is 13.0. The molecule has 1 aromatic rings. The Morgan fingerprint density at radius 3 is 2.20 bits per heavy atom. The van der Waals surface area contributed by atoms with Crippen LogP contribution in [0.15, 0.2) is 18.2 Å². The molecular weight excluding hydrogens is 586 g/mol. The van der Waals surface area contributed by atoms with Crippen LogP contribution >= 0.6 is 0 Å². The highest BCUT2D eigenvalue weighted by Crippen LogP contribution is 2.34. The molecule has 1 aromatic carbocycles. The van der Waals surface area contributed by atoms with Crippen molar-refractivity contribution in [1.29, 1.82) is 0 Å². The molecule has 1 rings (SSSR count). The Labute approximate surface area is 267 Å². The summed E-state index contributed by atoms with van der Waals surface area (Å²) in [4.78, 5) is 41.7. The Kier molecular flexibility index (Phi) is 17.0. The van der Waals surface area contributed by atoms with E-state index in [1.54, 1.807) is 35.0 Å². The van der Waals surface area contributed by atoms with Gasteiger partial charge in [0.05, 0.1) is 25.9 Å². The van der Waals surface area contributed by atoms with Crippen LogP contribution in [0.3, 0.4) is 0 Å². The van der Waals surface area contributed by atoms with Crippen LogP contribution in [0.25, 0.3) is 0 Å². The van der Waals surface area contributed by atoms with E-state index in [4.69, 9.17) is 14.2 Å². The van der Waals surface area contributed by atoms with Crippen LogP contribution in [0.2, 0.25) is 0 Å². The summed E-state index contributed by atoms with van der Waals surface area (Å²) in [5, 5.41) is 34.2. The molecule has 0 heterocycles. The number of nitrogens with zero attached hydrogens (tertiary/aromatic N) is 2. The number of rotatable bonds is 21. The van der Waals surface area contributed by atoms with Gasteiger partial charge >= 0.3 is 6.09 Å². The summed E-state index contributed by atoms with van der Waals surface area (Å²) < 4.78 is 16.6. The molecule has 0 saturated heterocycles. The van der Waals surface area contributed by atoms with Gasteiger partial charge in [-0.05, 0) is 75.5 Å². The average Bonchev–Trinajstić information content (AvgIpc) is 2.94. The number of hydrogen-bond donors (Lipinski definition) is 3. The second kappa shape index (κ2) is 19.3. The highest BCUT2D eigenvalue weighted by molar-refractivity contribution is 5.79. The van der Waals surface area contributed by atoms with Crippen molar-refractivity contribution in [2.75, 3.05) is 40.6 Å². The molecule has 0 radical (unpaired) electrons. The monoisotopic (exact) mass is 641 g/mol. The van der Waals surface area contributed by atoms with Crippen molar-refractivity contribution >= 4 is 12.0 Å². The van der Waals surface area contributed by atoms with E-state index in [0.717, 1.165) is 12.0 Å². The lowest BCUT2D eigenvalue weighted by Gasteiger charge is -2.44. The number of methoxy groups -OCH3 is 2. The van der Waals surface area contributed by atoms with Gasteiger partial charge in [-0.25, -0.2) is 4.79 Å². The third kappa shape index (κ3) is 13.7. The first-order valence-electron chi connectivity index (χ1n) is 15.6. The molecule has 3 N–H and O–H groups in total. The number of amides is 2.